The highest BCUT2D eigenvalue weighted by molar-refractivity contribution is 5.81. The van der Waals surface area contributed by atoms with Crippen LogP contribution in [-0.4, -0.2) is 22.3 Å². The molecule has 50 heavy (non-hydrogen) atoms. The Bertz CT molecular complexity index is 2010. The molecule has 0 unspecified atom stereocenters. The minimum Gasteiger partial charge on any atom is -0.497 e. The molecule has 0 spiro atoms. The van der Waals surface area contributed by atoms with E-state index in [1.165, 1.54) is 42.3 Å². The van der Waals surface area contributed by atoms with E-state index in [9.17, 15) is 0 Å². The van der Waals surface area contributed by atoms with Crippen LogP contribution in [-0.2, 0) is 17.3 Å². The van der Waals surface area contributed by atoms with Crippen molar-refractivity contribution in [3.8, 4) is 17.2 Å². The maximum Gasteiger partial charge on any atom is 0.247 e. The molecule has 0 N–H and O–H groups in total. The number of hydrogen-bond donors (Lipinski definition) is 0. The lowest BCUT2D eigenvalue weighted by Crippen LogP contribution is -2.65. The lowest BCUT2D eigenvalue weighted by Gasteiger charge is -2.71. The van der Waals surface area contributed by atoms with E-state index in [1.54, 1.807) is 12.7 Å². The van der Waals surface area contributed by atoms with Gasteiger partial charge in [0, 0.05) is 16.4 Å². The Morgan fingerprint density at radius 2 is 1.64 bits per heavy atom. The van der Waals surface area contributed by atoms with Crippen LogP contribution in [0.5, 0.6) is 5.75 Å². The molecule has 2 heterocycles. The fourth-order valence-corrected chi connectivity index (χ4v) is 13.4. The molecule has 9 rings (SSSR count). The van der Waals surface area contributed by atoms with Crippen molar-refractivity contribution in [2.75, 3.05) is 7.11 Å². The third-order valence-electron chi connectivity index (χ3n) is 16.3. The second-order valence-electron chi connectivity index (χ2n) is 18.5. The van der Waals surface area contributed by atoms with Gasteiger partial charge in [-0.15, -0.1) is 10.2 Å². The van der Waals surface area contributed by atoms with Gasteiger partial charge in [0.25, 0.3) is 0 Å². The maximum atomic E-state index is 6.72. The van der Waals surface area contributed by atoms with E-state index in [-0.39, 0.29) is 27.1 Å². The van der Waals surface area contributed by atoms with Crippen LogP contribution in [0.1, 0.15) is 111 Å². The van der Waals surface area contributed by atoms with E-state index >= 15 is 0 Å². The topological polar surface area (TPSA) is 61.0 Å². The molecule has 4 aromatic rings. The van der Waals surface area contributed by atoms with Gasteiger partial charge in [-0.25, -0.2) is 0 Å². The summed E-state index contributed by atoms with van der Waals surface area (Å²) in [5.41, 5.74) is 7.01. The molecule has 0 aliphatic heterocycles. The van der Waals surface area contributed by atoms with Crippen LogP contribution in [0.25, 0.3) is 22.4 Å². The normalized spacial score (nSPS) is 38.6. The van der Waals surface area contributed by atoms with Gasteiger partial charge in [0.1, 0.15) is 5.75 Å². The number of fused-ring (bicyclic) bond motifs is 9. The van der Waals surface area contributed by atoms with Gasteiger partial charge in [0.2, 0.25) is 11.8 Å². The lowest BCUT2D eigenvalue weighted by atomic mass is 9.33. The number of allylic oxidation sites excluding steroid dienone is 2. The number of aromatic nitrogens is 3. The van der Waals surface area contributed by atoms with Crippen LogP contribution in [0.15, 0.2) is 70.7 Å². The molecule has 0 saturated heterocycles. The summed E-state index contributed by atoms with van der Waals surface area (Å²) in [4.78, 5) is 5.40. The summed E-state index contributed by atoms with van der Waals surface area (Å²) in [5.74, 6) is 5.29. The van der Waals surface area contributed by atoms with Crippen molar-refractivity contribution in [3.63, 3.8) is 0 Å². The highest BCUT2D eigenvalue weighted by Crippen LogP contribution is 2.75. The molecule has 0 radical (unpaired) electrons. The molecule has 0 amide bonds. The van der Waals surface area contributed by atoms with Gasteiger partial charge >= 0.3 is 0 Å². The van der Waals surface area contributed by atoms with Crippen molar-refractivity contribution in [3.05, 3.63) is 83.4 Å². The highest BCUT2D eigenvalue weighted by atomic mass is 16.5. The summed E-state index contributed by atoms with van der Waals surface area (Å²) >= 11 is 0. The fourth-order valence-electron chi connectivity index (χ4n) is 13.4. The fraction of sp³-hybridized carbons (Fsp3) is 0.578. The molecule has 0 bridgehead atoms. The summed E-state index contributed by atoms with van der Waals surface area (Å²) < 4.78 is 12.3. The predicted octanol–water partition coefficient (Wildman–Crippen LogP) is 10.9. The largest absolute Gasteiger partial charge is 0.497 e. The van der Waals surface area contributed by atoms with Crippen molar-refractivity contribution in [2.24, 2.45) is 45.8 Å². The van der Waals surface area contributed by atoms with E-state index in [2.05, 4.69) is 102 Å². The van der Waals surface area contributed by atoms with Gasteiger partial charge < -0.3 is 9.15 Å². The number of methoxy groups -OCH3 is 1. The summed E-state index contributed by atoms with van der Waals surface area (Å²) in [7, 11) is 1.75. The third kappa shape index (κ3) is 4.15. The number of ether oxygens (including phenoxy) is 1. The molecule has 2 aromatic carbocycles. The molecular weight excluding hydrogens is 615 g/mol. The SMILES string of the molecule is COc1ccc2nc3c(cc2c1)C[C@]1(C)[C@H]2CC=C4[C@@H]5[C@@H](C)[C@H](C)CC[C@]5(c5nnc(-c6ccccc6)o5)CC[C@@]4(C)[C@]2(C)CC[C@H]1C3(C)C. The number of benzene rings is 2. The van der Waals surface area contributed by atoms with Crippen molar-refractivity contribution >= 4 is 10.9 Å². The number of rotatable bonds is 3. The molecular formula is C45H55N3O2. The summed E-state index contributed by atoms with van der Waals surface area (Å²) in [6.07, 6.45) is 12.2. The average molecular weight is 670 g/mol. The quantitative estimate of drug-likeness (QED) is 0.203. The highest BCUT2D eigenvalue weighted by Gasteiger charge is 2.69. The Morgan fingerprint density at radius 1 is 0.840 bits per heavy atom. The van der Waals surface area contributed by atoms with E-state index in [4.69, 9.17) is 19.2 Å². The van der Waals surface area contributed by atoms with Gasteiger partial charge in [-0.1, -0.05) is 78.3 Å². The second kappa shape index (κ2) is 10.8. The molecule has 2 aromatic heterocycles. The summed E-state index contributed by atoms with van der Waals surface area (Å²) in [6.45, 7) is 18.1. The van der Waals surface area contributed by atoms with E-state index in [1.807, 2.05) is 12.1 Å². The smallest absolute Gasteiger partial charge is 0.247 e. The van der Waals surface area contributed by atoms with Gasteiger partial charge in [0.05, 0.1) is 23.7 Å². The first-order valence-corrected chi connectivity index (χ1v) is 19.4. The molecule has 3 fully saturated rings. The van der Waals surface area contributed by atoms with Crippen LogP contribution in [0.4, 0.5) is 0 Å². The van der Waals surface area contributed by atoms with Crippen LogP contribution in [0.3, 0.4) is 0 Å². The minimum atomic E-state index is -0.0961. The zero-order valence-corrected chi connectivity index (χ0v) is 31.5. The molecule has 5 aliphatic carbocycles. The molecule has 3 saturated carbocycles. The molecule has 5 heteroatoms. The number of hydrogen-bond acceptors (Lipinski definition) is 5. The standard InChI is InChI=1S/C45H55N3O2/c1-27-18-21-45(40-48-47-39(50-40)29-12-10-9-11-13-29)23-22-43(6)33(37(45)28(27)2)15-17-36-42(5)26-31-24-30-25-32(49-8)14-16-34(30)46-38(31)41(3,4)35(42)19-20-44(36,43)7/h9-16,24-25,27-28,35-37H,17-23,26H2,1-8H3/t27-,28+,35+,36-,37+,42+,43-,44-,45+/m1/s1. The monoisotopic (exact) mass is 669 g/mol. The first-order valence-electron chi connectivity index (χ1n) is 19.4. The summed E-state index contributed by atoms with van der Waals surface area (Å²) in [5, 5.41) is 10.7. The zero-order chi connectivity index (χ0) is 34.8. The Labute approximate surface area is 298 Å². The first-order chi connectivity index (χ1) is 23.9. The summed E-state index contributed by atoms with van der Waals surface area (Å²) in [6, 6.07) is 19.1. The van der Waals surface area contributed by atoms with Crippen LogP contribution < -0.4 is 4.74 Å². The van der Waals surface area contributed by atoms with Gasteiger partial charge in [-0.3, -0.25) is 4.98 Å². The molecule has 5 aliphatic rings. The Hall–Kier alpha value is -3.47. The van der Waals surface area contributed by atoms with Gasteiger partial charge in [-0.05, 0) is 139 Å². The predicted molar refractivity (Wildman–Crippen MR) is 200 cm³/mol. The third-order valence-corrected chi connectivity index (χ3v) is 16.3. The number of nitrogens with zero attached hydrogens (tertiary/aromatic N) is 3. The van der Waals surface area contributed by atoms with Gasteiger partial charge in [-0.2, -0.15) is 0 Å². The van der Waals surface area contributed by atoms with Crippen LogP contribution >= 0.6 is 0 Å². The first kappa shape index (κ1) is 32.4. The second-order valence-corrected chi connectivity index (χ2v) is 18.5. The lowest BCUT2D eigenvalue weighted by molar-refractivity contribution is -0.157. The van der Waals surface area contributed by atoms with Crippen molar-refractivity contribution in [1.82, 2.24) is 15.2 Å². The molecule has 9 atom stereocenters. The Balaban J connectivity index is 1.14. The van der Waals surface area contributed by atoms with E-state index < -0.39 is 0 Å². The maximum absolute atomic E-state index is 6.72. The van der Waals surface area contributed by atoms with E-state index in [0.29, 0.717) is 35.5 Å². The van der Waals surface area contributed by atoms with Crippen molar-refractivity contribution in [1.29, 1.82) is 0 Å². The van der Waals surface area contributed by atoms with Crippen LogP contribution in [0.2, 0.25) is 0 Å². The molecule has 262 valence electrons. The number of pyridine rings is 1. The van der Waals surface area contributed by atoms with Crippen molar-refractivity contribution < 1.29 is 9.15 Å². The zero-order valence-electron chi connectivity index (χ0n) is 31.5. The van der Waals surface area contributed by atoms with Crippen LogP contribution in [0, 0.1) is 45.8 Å². The van der Waals surface area contributed by atoms with Crippen molar-refractivity contribution in [2.45, 2.75) is 111 Å². The Morgan fingerprint density at radius 3 is 2.42 bits per heavy atom. The van der Waals surface area contributed by atoms with E-state index in [0.717, 1.165) is 48.4 Å². The van der Waals surface area contributed by atoms with Gasteiger partial charge in [0.15, 0.2) is 0 Å². The Kier molecular flexibility index (Phi) is 6.99. The minimum absolute atomic E-state index is 0.00608. The average Bonchev–Trinajstić information content (AvgIpc) is 3.61. The molecule has 5 nitrogen and oxygen atoms in total.